The van der Waals surface area contributed by atoms with Crippen molar-refractivity contribution in [3.8, 4) is 0 Å². The molecule has 0 bridgehead atoms. The second kappa shape index (κ2) is 7.84. The highest BCUT2D eigenvalue weighted by molar-refractivity contribution is 4.91. The smallest absolute Gasteiger partial charge is 0.0233 e. The van der Waals surface area contributed by atoms with Crippen LogP contribution in [-0.2, 0) is 0 Å². The molecule has 0 saturated heterocycles. The van der Waals surface area contributed by atoms with E-state index in [9.17, 15) is 0 Å². The highest BCUT2D eigenvalue weighted by Gasteiger charge is 2.33. The average molecular weight is 289 g/mol. The first-order valence-electron chi connectivity index (χ1n) is 9.99. The van der Waals surface area contributed by atoms with Crippen molar-refractivity contribution in [1.82, 2.24) is 0 Å². The molecule has 0 nitrogen and oxygen atoms in total. The zero-order valence-electron chi connectivity index (χ0n) is 14.2. The average Bonchev–Trinajstić information content (AvgIpc) is 2.57. The van der Waals surface area contributed by atoms with Crippen molar-refractivity contribution in [3.05, 3.63) is 12.2 Å². The molecule has 120 valence electrons. The van der Waals surface area contributed by atoms with Crippen molar-refractivity contribution in [2.45, 2.75) is 90.4 Å². The van der Waals surface area contributed by atoms with Crippen molar-refractivity contribution >= 4 is 0 Å². The Hall–Kier alpha value is -0.260. The zero-order chi connectivity index (χ0) is 14.5. The molecular formula is C21H36. The molecular weight excluding hydrogens is 252 g/mol. The Morgan fingerprint density at radius 3 is 1.43 bits per heavy atom. The summed E-state index contributed by atoms with van der Waals surface area (Å²) in [5.74, 6) is 5.31. The standard InChI is InChI=1S/C21H36/c1-2-6-17-9-11-19(12-10-17)21-15-13-20(14-16-21)18-7-4-3-5-8-18/h2,6,17-21H,3-5,7-16H2,1H3/b6-2+. The molecule has 0 heteroatoms. The van der Waals surface area contributed by atoms with Crippen molar-refractivity contribution in [2.24, 2.45) is 29.6 Å². The summed E-state index contributed by atoms with van der Waals surface area (Å²) in [5, 5.41) is 0. The molecule has 3 fully saturated rings. The molecule has 0 N–H and O–H groups in total. The molecule has 3 rings (SSSR count). The van der Waals surface area contributed by atoms with Gasteiger partial charge in [-0.3, -0.25) is 0 Å². The summed E-state index contributed by atoms with van der Waals surface area (Å²) < 4.78 is 0. The van der Waals surface area contributed by atoms with Crippen molar-refractivity contribution in [1.29, 1.82) is 0 Å². The van der Waals surface area contributed by atoms with Gasteiger partial charge < -0.3 is 0 Å². The Labute approximate surface area is 132 Å². The number of rotatable bonds is 3. The van der Waals surface area contributed by atoms with E-state index in [1.807, 2.05) is 0 Å². The van der Waals surface area contributed by atoms with Gasteiger partial charge in [0.1, 0.15) is 0 Å². The highest BCUT2D eigenvalue weighted by atomic mass is 14.4. The normalized spacial score (nSPS) is 39.7. The molecule has 21 heavy (non-hydrogen) atoms. The minimum Gasteiger partial charge on any atom is -0.0914 e. The zero-order valence-corrected chi connectivity index (χ0v) is 14.2. The van der Waals surface area contributed by atoms with Gasteiger partial charge in [-0.1, -0.05) is 44.3 Å². The summed E-state index contributed by atoms with van der Waals surface area (Å²) in [6.45, 7) is 2.18. The van der Waals surface area contributed by atoms with Gasteiger partial charge in [-0.2, -0.15) is 0 Å². The Balaban J connectivity index is 1.41. The highest BCUT2D eigenvalue weighted by Crippen LogP contribution is 2.45. The Morgan fingerprint density at radius 2 is 0.952 bits per heavy atom. The van der Waals surface area contributed by atoms with Crippen LogP contribution in [0.15, 0.2) is 12.2 Å². The molecule has 0 unspecified atom stereocenters. The van der Waals surface area contributed by atoms with Crippen molar-refractivity contribution < 1.29 is 0 Å². The van der Waals surface area contributed by atoms with Gasteiger partial charge in [0, 0.05) is 0 Å². The third-order valence-corrected chi connectivity index (χ3v) is 7.08. The van der Waals surface area contributed by atoms with Crippen LogP contribution in [0.3, 0.4) is 0 Å². The Kier molecular flexibility index (Phi) is 5.83. The van der Waals surface area contributed by atoms with Gasteiger partial charge in [-0.15, -0.1) is 0 Å². The van der Waals surface area contributed by atoms with Crippen LogP contribution in [0, 0.1) is 29.6 Å². The fraction of sp³-hybridized carbons (Fsp3) is 0.905. The molecule has 0 aromatic rings. The number of hydrogen-bond acceptors (Lipinski definition) is 0. The molecule has 3 saturated carbocycles. The minimum atomic E-state index is 0.907. The van der Waals surface area contributed by atoms with Gasteiger partial charge in [-0.05, 0) is 87.9 Å². The van der Waals surface area contributed by atoms with E-state index in [-0.39, 0.29) is 0 Å². The first-order valence-corrected chi connectivity index (χ1v) is 9.99. The van der Waals surface area contributed by atoms with Crippen LogP contribution >= 0.6 is 0 Å². The van der Waals surface area contributed by atoms with Gasteiger partial charge in [0.2, 0.25) is 0 Å². The Bertz CT molecular complexity index is 307. The molecule has 0 aromatic carbocycles. The summed E-state index contributed by atoms with van der Waals surface area (Å²) >= 11 is 0. The van der Waals surface area contributed by atoms with E-state index < -0.39 is 0 Å². The molecule has 0 aliphatic heterocycles. The SMILES string of the molecule is C/C=C/C1CCC(C2CCC(C3CCCCC3)CC2)CC1. The lowest BCUT2D eigenvalue weighted by atomic mass is 9.66. The maximum absolute atomic E-state index is 2.45. The fourth-order valence-corrected chi connectivity index (χ4v) is 5.77. The van der Waals surface area contributed by atoms with Crippen molar-refractivity contribution in [2.75, 3.05) is 0 Å². The summed E-state index contributed by atoms with van der Waals surface area (Å²) in [6.07, 6.45) is 24.7. The molecule has 0 heterocycles. The van der Waals surface area contributed by atoms with E-state index in [0.717, 1.165) is 29.6 Å². The lowest BCUT2D eigenvalue weighted by Gasteiger charge is -2.40. The van der Waals surface area contributed by atoms with Crippen LogP contribution in [0.5, 0.6) is 0 Å². The predicted octanol–water partition coefficient (Wildman–Crippen LogP) is 6.76. The number of hydrogen-bond donors (Lipinski definition) is 0. The molecule has 0 amide bonds. The van der Waals surface area contributed by atoms with E-state index in [0.29, 0.717) is 0 Å². The summed E-state index contributed by atoms with van der Waals surface area (Å²) in [6, 6.07) is 0. The molecule has 3 aliphatic carbocycles. The predicted molar refractivity (Wildman–Crippen MR) is 92.3 cm³/mol. The number of allylic oxidation sites excluding steroid dienone is 2. The van der Waals surface area contributed by atoms with Gasteiger partial charge >= 0.3 is 0 Å². The van der Waals surface area contributed by atoms with Gasteiger partial charge in [-0.25, -0.2) is 0 Å². The van der Waals surface area contributed by atoms with Gasteiger partial charge in [0.25, 0.3) is 0 Å². The quantitative estimate of drug-likeness (QED) is 0.503. The lowest BCUT2D eigenvalue weighted by Crippen LogP contribution is -2.28. The minimum absolute atomic E-state index is 0.907. The van der Waals surface area contributed by atoms with Crippen molar-refractivity contribution in [3.63, 3.8) is 0 Å². The van der Waals surface area contributed by atoms with E-state index in [4.69, 9.17) is 0 Å². The third-order valence-electron chi connectivity index (χ3n) is 7.08. The van der Waals surface area contributed by atoms with Crippen LogP contribution in [0.2, 0.25) is 0 Å². The fourth-order valence-electron chi connectivity index (χ4n) is 5.77. The van der Waals surface area contributed by atoms with E-state index in [2.05, 4.69) is 19.1 Å². The lowest BCUT2D eigenvalue weighted by molar-refractivity contribution is 0.117. The van der Waals surface area contributed by atoms with E-state index in [1.54, 1.807) is 38.5 Å². The molecule has 0 spiro atoms. The van der Waals surface area contributed by atoms with Crippen LogP contribution < -0.4 is 0 Å². The topological polar surface area (TPSA) is 0 Å². The first kappa shape index (κ1) is 15.6. The van der Waals surface area contributed by atoms with E-state index >= 15 is 0 Å². The third kappa shape index (κ3) is 4.14. The molecule has 0 atom stereocenters. The molecule has 0 aromatic heterocycles. The largest absolute Gasteiger partial charge is 0.0914 e. The summed E-state index contributed by atoms with van der Waals surface area (Å²) in [7, 11) is 0. The second-order valence-electron chi connectivity index (χ2n) is 8.27. The summed E-state index contributed by atoms with van der Waals surface area (Å²) in [5.41, 5.74) is 0. The first-order chi connectivity index (χ1) is 10.4. The van der Waals surface area contributed by atoms with Gasteiger partial charge in [0.05, 0.1) is 0 Å². The molecule has 3 aliphatic rings. The van der Waals surface area contributed by atoms with Crippen LogP contribution in [0.4, 0.5) is 0 Å². The van der Waals surface area contributed by atoms with Crippen LogP contribution in [0.1, 0.15) is 90.4 Å². The van der Waals surface area contributed by atoms with E-state index in [1.165, 1.54) is 44.9 Å². The second-order valence-corrected chi connectivity index (χ2v) is 8.27. The van der Waals surface area contributed by atoms with Crippen LogP contribution in [0.25, 0.3) is 0 Å². The van der Waals surface area contributed by atoms with Crippen LogP contribution in [-0.4, -0.2) is 0 Å². The summed E-state index contributed by atoms with van der Waals surface area (Å²) in [4.78, 5) is 0. The maximum atomic E-state index is 2.45. The van der Waals surface area contributed by atoms with Gasteiger partial charge in [0.15, 0.2) is 0 Å². The Morgan fingerprint density at radius 1 is 0.524 bits per heavy atom. The monoisotopic (exact) mass is 288 g/mol. The maximum Gasteiger partial charge on any atom is -0.0233 e. The molecule has 0 radical (unpaired) electrons.